The van der Waals surface area contributed by atoms with E-state index in [0.717, 1.165) is 42.9 Å². The Hall–Kier alpha value is -1.52. The van der Waals surface area contributed by atoms with Crippen molar-refractivity contribution < 1.29 is 9.53 Å². The maximum Gasteiger partial charge on any atom is 0.315 e. The molecule has 0 unspecified atom stereocenters. The normalized spacial score (nSPS) is 26.4. The SMILES string of the molecule is C=C[C@@H]1OCC[C@H]1CNC(=O)N[C@@H]1CCCc2ccc(Cl)cc21. The lowest BCUT2D eigenvalue weighted by Crippen LogP contribution is -2.42. The van der Waals surface area contributed by atoms with E-state index in [2.05, 4.69) is 23.3 Å². The van der Waals surface area contributed by atoms with Crippen LogP contribution in [0.4, 0.5) is 4.79 Å². The number of ether oxygens (including phenoxy) is 1. The highest BCUT2D eigenvalue weighted by Gasteiger charge is 2.27. The number of hydrogen-bond acceptors (Lipinski definition) is 2. The minimum atomic E-state index is -0.127. The van der Waals surface area contributed by atoms with Crippen molar-refractivity contribution in [3.05, 3.63) is 47.0 Å². The van der Waals surface area contributed by atoms with Gasteiger partial charge in [-0.3, -0.25) is 0 Å². The van der Waals surface area contributed by atoms with Crippen LogP contribution in [-0.2, 0) is 11.2 Å². The zero-order valence-electron chi connectivity index (χ0n) is 13.2. The summed E-state index contributed by atoms with van der Waals surface area (Å²) in [6.07, 6.45) is 5.89. The van der Waals surface area contributed by atoms with Gasteiger partial charge < -0.3 is 15.4 Å². The summed E-state index contributed by atoms with van der Waals surface area (Å²) in [6, 6.07) is 5.86. The molecule has 1 heterocycles. The number of nitrogens with one attached hydrogen (secondary N) is 2. The minimum absolute atomic E-state index is 0.0347. The summed E-state index contributed by atoms with van der Waals surface area (Å²) in [5.41, 5.74) is 2.42. The highest BCUT2D eigenvalue weighted by molar-refractivity contribution is 6.30. The van der Waals surface area contributed by atoms with E-state index in [1.165, 1.54) is 5.56 Å². The van der Waals surface area contributed by atoms with Gasteiger partial charge in [0.15, 0.2) is 0 Å². The lowest BCUT2D eigenvalue weighted by molar-refractivity contribution is 0.128. The van der Waals surface area contributed by atoms with Crippen LogP contribution in [0.25, 0.3) is 0 Å². The highest BCUT2D eigenvalue weighted by Crippen LogP contribution is 2.31. The molecule has 2 aliphatic rings. The number of carbonyl (C=O) groups excluding carboxylic acids is 1. The van der Waals surface area contributed by atoms with Gasteiger partial charge in [0.2, 0.25) is 0 Å². The predicted octanol–water partition coefficient (Wildman–Crippen LogP) is 3.61. The summed E-state index contributed by atoms with van der Waals surface area (Å²) in [5, 5.41) is 6.77. The van der Waals surface area contributed by atoms with E-state index in [9.17, 15) is 4.79 Å². The van der Waals surface area contributed by atoms with Gasteiger partial charge >= 0.3 is 6.03 Å². The molecule has 2 N–H and O–H groups in total. The number of hydrogen-bond donors (Lipinski definition) is 2. The third kappa shape index (κ3) is 3.88. The second-order valence-electron chi connectivity index (χ2n) is 6.26. The smallest absolute Gasteiger partial charge is 0.315 e. The van der Waals surface area contributed by atoms with Gasteiger partial charge in [-0.2, -0.15) is 0 Å². The molecule has 1 aliphatic heterocycles. The summed E-state index contributed by atoms with van der Waals surface area (Å²) in [5.74, 6) is 0.311. The van der Waals surface area contributed by atoms with E-state index in [0.29, 0.717) is 12.5 Å². The first-order valence-corrected chi connectivity index (χ1v) is 8.62. The Morgan fingerprint density at radius 3 is 3.13 bits per heavy atom. The van der Waals surface area contributed by atoms with Gasteiger partial charge in [-0.05, 0) is 48.9 Å². The highest BCUT2D eigenvalue weighted by atomic mass is 35.5. The van der Waals surface area contributed by atoms with Crippen molar-refractivity contribution in [1.29, 1.82) is 0 Å². The number of rotatable bonds is 4. The Kier molecular flexibility index (Phi) is 5.23. The van der Waals surface area contributed by atoms with Gasteiger partial charge in [-0.1, -0.05) is 23.7 Å². The molecule has 124 valence electrons. The van der Waals surface area contributed by atoms with Crippen LogP contribution >= 0.6 is 11.6 Å². The van der Waals surface area contributed by atoms with Crippen molar-refractivity contribution in [3.63, 3.8) is 0 Å². The average molecular weight is 335 g/mol. The third-order valence-corrected chi connectivity index (χ3v) is 4.98. The maximum absolute atomic E-state index is 12.2. The number of aryl methyl sites for hydroxylation is 1. The molecule has 0 saturated carbocycles. The molecular weight excluding hydrogens is 312 g/mol. The monoisotopic (exact) mass is 334 g/mol. The van der Waals surface area contributed by atoms with Crippen molar-refractivity contribution in [3.8, 4) is 0 Å². The summed E-state index contributed by atoms with van der Waals surface area (Å²) >= 11 is 6.11. The average Bonchev–Trinajstić information content (AvgIpc) is 3.01. The maximum atomic E-state index is 12.2. The lowest BCUT2D eigenvalue weighted by atomic mass is 9.88. The summed E-state index contributed by atoms with van der Waals surface area (Å²) in [7, 11) is 0. The van der Waals surface area contributed by atoms with Gasteiger partial charge in [0.25, 0.3) is 0 Å². The predicted molar refractivity (Wildman–Crippen MR) is 91.7 cm³/mol. The number of carbonyl (C=O) groups is 1. The molecule has 1 fully saturated rings. The molecule has 1 aromatic rings. The minimum Gasteiger partial charge on any atom is -0.374 e. The molecule has 23 heavy (non-hydrogen) atoms. The van der Waals surface area contributed by atoms with Crippen LogP contribution in [0, 0.1) is 5.92 Å². The van der Waals surface area contributed by atoms with Crippen molar-refractivity contribution in [2.45, 2.75) is 37.8 Å². The fourth-order valence-electron chi connectivity index (χ4n) is 3.49. The van der Waals surface area contributed by atoms with Gasteiger partial charge in [0.05, 0.1) is 12.1 Å². The van der Waals surface area contributed by atoms with Crippen LogP contribution in [0.3, 0.4) is 0 Å². The molecule has 1 aromatic carbocycles. The Morgan fingerprint density at radius 2 is 2.30 bits per heavy atom. The van der Waals surface area contributed by atoms with E-state index in [1.807, 2.05) is 18.2 Å². The van der Waals surface area contributed by atoms with E-state index in [-0.39, 0.29) is 18.2 Å². The van der Waals surface area contributed by atoms with Gasteiger partial charge in [-0.15, -0.1) is 6.58 Å². The first-order valence-electron chi connectivity index (χ1n) is 8.24. The largest absolute Gasteiger partial charge is 0.374 e. The van der Waals surface area contributed by atoms with Crippen molar-refractivity contribution in [2.75, 3.05) is 13.2 Å². The standard InChI is InChI=1S/C18H23ClN2O2/c1-2-17-13(8-9-23-17)11-20-18(22)21-16-5-3-4-12-6-7-14(19)10-15(12)16/h2,6-7,10,13,16-17H,1,3-5,8-9,11H2,(H2,20,21,22)/t13-,16+,17-/m0/s1. The molecule has 1 saturated heterocycles. The number of fused-ring (bicyclic) bond motifs is 1. The van der Waals surface area contributed by atoms with E-state index < -0.39 is 0 Å². The number of urea groups is 1. The third-order valence-electron chi connectivity index (χ3n) is 4.75. The lowest BCUT2D eigenvalue weighted by Gasteiger charge is -2.27. The molecule has 3 atom stereocenters. The van der Waals surface area contributed by atoms with Crippen LogP contribution in [0.15, 0.2) is 30.9 Å². The molecule has 0 bridgehead atoms. The van der Waals surface area contributed by atoms with E-state index >= 15 is 0 Å². The van der Waals surface area contributed by atoms with E-state index in [1.54, 1.807) is 0 Å². The zero-order chi connectivity index (χ0) is 16.2. The summed E-state index contributed by atoms with van der Waals surface area (Å²) in [6.45, 7) is 5.13. The Balaban J connectivity index is 1.57. The Morgan fingerprint density at radius 1 is 1.43 bits per heavy atom. The van der Waals surface area contributed by atoms with Crippen LogP contribution in [0.5, 0.6) is 0 Å². The fourth-order valence-corrected chi connectivity index (χ4v) is 3.67. The molecule has 0 radical (unpaired) electrons. The van der Waals surface area contributed by atoms with Crippen LogP contribution in [-0.4, -0.2) is 25.3 Å². The zero-order valence-corrected chi connectivity index (χ0v) is 13.9. The van der Waals surface area contributed by atoms with Crippen molar-refractivity contribution >= 4 is 17.6 Å². The number of amides is 2. The Bertz CT molecular complexity index is 590. The molecule has 3 rings (SSSR count). The van der Waals surface area contributed by atoms with Crippen molar-refractivity contribution in [1.82, 2.24) is 10.6 Å². The number of halogens is 1. The quantitative estimate of drug-likeness (QED) is 0.826. The molecule has 0 aromatic heterocycles. The van der Waals surface area contributed by atoms with Gasteiger partial charge in [0, 0.05) is 24.1 Å². The summed E-state index contributed by atoms with van der Waals surface area (Å²) in [4.78, 5) is 12.2. The molecule has 5 heteroatoms. The van der Waals surface area contributed by atoms with Crippen molar-refractivity contribution in [2.24, 2.45) is 5.92 Å². The van der Waals surface area contributed by atoms with Crippen LogP contribution in [0.2, 0.25) is 5.02 Å². The second-order valence-corrected chi connectivity index (χ2v) is 6.70. The topological polar surface area (TPSA) is 50.4 Å². The molecular formula is C18H23ClN2O2. The fraction of sp³-hybridized carbons (Fsp3) is 0.500. The van der Waals surface area contributed by atoms with E-state index in [4.69, 9.17) is 16.3 Å². The molecule has 0 spiro atoms. The van der Waals surface area contributed by atoms with Gasteiger partial charge in [0.1, 0.15) is 0 Å². The molecule has 1 aliphatic carbocycles. The van der Waals surface area contributed by atoms with Crippen LogP contribution < -0.4 is 10.6 Å². The molecule has 2 amide bonds. The van der Waals surface area contributed by atoms with Crippen LogP contribution in [0.1, 0.15) is 36.4 Å². The van der Waals surface area contributed by atoms with Gasteiger partial charge in [-0.25, -0.2) is 4.79 Å². The molecule has 4 nitrogen and oxygen atoms in total. The first-order chi connectivity index (χ1) is 11.2. The Labute approximate surface area is 142 Å². The number of benzene rings is 1. The first kappa shape index (κ1) is 16.3. The second kappa shape index (κ2) is 7.37. The summed E-state index contributed by atoms with van der Waals surface area (Å²) < 4.78 is 5.55.